The summed E-state index contributed by atoms with van der Waals surface area (Å²) in [6, 6.07) is 5.98. The maximum absolute atomic E-state index is 12.4. The second kappa shape index (κ2) is 7.21. The fraction of sp³-hybridized carbons (Fsp3) is 0.562. The molecular weight excluding hydrogens is 309 g/mol. The molecule has 0 bridgehead atoms. The first-order chi connectivity index (χ1) is 10.8. The van der Waals surface area contributed by atoms with Crippen LogP contribution in [-0.2, 0) is 11.2 Å². The molecule has 128 valence electrons. The number of carbonyl (C=O) groups excluding carboxylic acids is 1. The highest BCUT2D eigenvalue weighted by molar-refractivity contribution is 5.82. The van der Waals surface area contributed by atoms with Crippen LogP contribution in [0, 0.1) is 5.41 Å². The first-order valence-corrected chi connectivity index (χ1v) is 7.63. The largest absolute Gasteiger partial charge is 0.573 e. The molecule has 7 heteroatoms. The molecule has 0 saturated carbocycles. The quantitative estimate of drug-likeness (QED) is 0.873. The molecule has 1 amide bonds. The predicted molar refractivity (Wildman–Crippen MR) is 80.0 cm³/mol. The van der Waals surface area contributed by atoms with Gasteiger partial charge in [0.2, 0.25) is 5.91 Å². The van der Waals surface area contributed by atoms with Crippen LogP contribution in [0.5, 0.6) is 5.75 Å². The highest BCUT2D eigenvalue weighted by atomic mass is 19.4. The lowest BCUT2D eigenvalue weighted by Gasteiger charge is -2.32. The summed E-state index contributed by atoms with van der Waals surface area (Å²) in [4.78, 5) is 12.3. The number of nitrogens with one attached hydrogen (secondary N) is 2. The number of carbonyl (C=O) groups is 1. The third-order valence-corrected chi connectivity index (χ3v) is 4.13. The number of hydrogen-bond donors (Lipinski definition) is 2. The standard InChI is InChI=1S/C16H21F3N2O2/c1-15(7-10-20-11-8-15)14(22)21-9-6-12-4-2-3-5-13(12)23-16(17,18)19/h2-5,20H,6-11H2,1H3,(H,21,22). The molecule has 1 saturated heterocycles. The van der Waals surface area contributed by atoms with Crippen molar-refractivity contribution in [3.05, 3.63) is 29.8 Å². The van der Waals surface area contributed by atoms with Crippen LogP contribution >= 0.6 is 0 Å². The number of hydrogen-bond acceptors (Lipinski definition) is 3. The summed E-state index contributed by atoms with van der Waals surface area (Å²) in [5.41, 5.74) is 0.00773. The summed E-state index contributed by atoms with van der Waals surface area (Å²) in [6.07, 6.45) is -2.92. The summed E-state index contributed by atoms with van der Waals surface area (Å²) >= 11 is 0. The van der Waals surface area contributed by atoms with E-state index in [2.05, 4.69) is 15.4 Å². The van der Waals surface area contributed by atoms with Crippen LogP contribution in [-0.4, -0.2) is 31.9 Å². The van der Waals surface area contributed by atoms with Gasteiger partial charge in [0.25, 0.3) is 0 Å². The van der Waals surface area contributed by atoms with E-state index in [1.54, 1.807) is 12.1 Å². The summed E-state index contributed by atoms with van der Waals surface area (Å²) in [5.74, 6) is -0.268. The third-order valence-electron chi connectivity index (χ3n) is 4.13. The van der Waals surface area contributed by atoms with Crippen molar-refractivity contribution in [1.82, 2.24) is 10.6 Å². The molecule has 1 aliphatic heterocycles. The molecule has 0 radical (unpaired) electrons. The van der Waals surface area contributed by atoms with Gasteiger partial charge in [-0.15, -0.1) is 13.2 Å². The Labute approximate surface area is 133 Å². The van der Waals surface area contributed by atoms with E-state index in [4.69, 9.17) is 0 Å². The van der Waals surface area contributed by atoms with Gasteiger partial charge in [0.15, 0.2) is 0 Å². The average Bonchev–Trinajstić information content (AvgIpc) is 2.48. The van der Waals surface area contributed by atoms with E-state index in [-0.39, 0.29) is 24.6 Å². The topological polar surface area (TPSA) is 50.4 Å². The molecule has 1 aromatic rings. The summed E-state index contributed by atoms with van der Waals surface area (Å²) in [5, 5.41) is 6.03. The Morgan fingerprint density at radius 3 is 2.61 bits per heavy atom. The molecule has 4 nitrogen and oxygen atoms in total. The smallest absolute Gasteiger partial charge is 0.406 e. The van der Waals surface area contributed by atoms with E-state index in [1.807, 2.05) is 6.92 Å². The molecule has 23 heavy (non-hydrogen) atoms. The minimum absolute atomic E-state index is 0.0479. The molecular formula is C16H21F3N2O2. The molecule has 0 atom stereocenters. The predicted octanol–water partition coefficient (Wildman–Crippen LogP) is 2.63. The third kappa shape index (κ3) is 5.13. The zero-order valence-corrected chi connectivity index (χ0v) is 13.0. The number of amides is 1. The van der Waals surface area contributed by atoms with Crippen LogP contribution in [0.1, 0.15) is 25.3 Å². The van der Waals surface area contributed by atoms with Crippen molar-refractivity contribution in [3.63, 3.8) is 0 Å². The fourth-order valence-electron chi connectivity index (χ4n) is 2.66. The van der Waals surface area contributed by atoms with Gasteiger partial charge in [-0.05, 0) is 44.0 Å². The van der Waals surface area contributed by atoms with Crippen LogP contribution < -0.4 is 15.4 Å². The fourth-order valence-corrected chi connectivity index (χ4v) is 2.66. The van der Waals surface area contributed by atoms with Gasteiger partial charge in [-0.2, -0.15) is 0 Å². The van der Waals surface area contributed by atoms with Crippen molar-refractivity contribution >= 4 is 5.91 Å². The molecule has 0 aromatic heterocycles. The molecule has 0 unspecified atom stereocenters. The Morgan fingerprint density at radius 1 is 1.30 bits per heavy atom. The Bertz CT molecular complexity index is 540. The van der Waals surface area contributed by atoms with E-state index >= 15 is 0 Å². The van der Waals surface area contributed by atoms with E-state index in [0.717, 1.165) is 25.9 Å². The number of benzene rings is 1. The molecule has 1 heterocycles. The molecule has 2 rings (SSSR count). The number of alkyl halides is 3. The van der Waals surface area contributed by atoms with Gasteiger partial charge in [-0.1, -0.05) is 25.1 Å². The van der Waals surface area contributed by atoms with Crippen molar-refractivity contribution < 1.29 is 22.7 Å². The minimum Gasteiger partial charge on any atom is -0.406 e. The number of rotatable bonds is 5. The van der Waals surface area contributed by atoms with Crippen LogP contribution in [0.25, 0.3) is 0 Å². The maximum Gasteiger partial charge on any atom is 0.573 e. The average molecular weight is 330 g/mol. The zero-order valence-electron chi connectivity index (χ0n) is 13.0. The Morgan fingerprint density at radius 2 is 1.96 bits per heavy atom. The van der Waals surface area contributed by atoms with Crippen LogP contribution in [0.3, 0.4) is 0 Å². The van der Waals surface area contributed by atoms with Crippen molar-refractivity contribution in [3.8, 4) is 5.75 Å². The van der Waals surface area contributed by atoms with Gasteiger partial charge in [-0.3, -0.25) is 4.79 Å². The van der Waals surface area contributed by atoms with Gasteiger partial charge in [0.1, 0.15) is 5.75 Å². The molecule has 2 N–H and O–H groups in total. The van der Waals surface area contributed by atoms with Gasteiger partial charge in [-0.25, -0.2) is 0 Å². The van der Waals surface area contributed by atoms with Gasteiger partial charge in [0, 0.05) is 12.0 Å². The lowest BCUT2D eigenvalue weighted by molar-refractivity contribution is -0.274. The molecule has 1 aromatic carbocycles. The lowest BCUT2D eigenvalue weighted by Crippen LogP contribution is -2.46. The monoisotopic (exact) mass is 330 g/mol. The Kier molecular flexibility index (Phi) is 5.51. The van der Waals surface area contributed by atoms with Gasteiger partial charge in [0.05, 0.1) is 0 Å². The van der Waals surface area contributed by atoms with E-state index < -0.39 is 11.8 Å². The number of halogens is 3. The SMILES string of the molecule is CC1(C(=O)NCCc2ccccc2OC(F)(F)F)CCNCC1. The summed E-state index contributed by atoms with van der Waals surface area (Å²) in [7, 11) is 0. The first kappa shape index (κ1) is 17.6. The molecule has 0 aliphatic carbocycles. The Balaban J connectivity index is 1.90. The second-order valence-electron chi connectivity index (χ2n) is 5.97. The summed E-state index contributed by atoms with van der Waals surface area (Å²) < 4.78 is 41.1. The second-order valence-corrected chi connectivity index (χ2v) is 5.97. The van der Waals surface area contributed by atoms with Crippen molar-refractivity contribution in [2.24, 2.45) is 5.41 Å². The van der Waals surface area contributed by atoms with Crippen molar-refractivity contribution in [1.29, 1.82) is 0 Å². The minimum atomic E-state index is -4.72. The van der Waals surface area contributed by atoms with Crippen LogP contribution in [0.2, 0.25) is 0 Å². The molecule has 1 aliphatic rings. The zero-order chi connectivity index (χ0) is 16.9. The van der Waals surface area contributed by atoms with E-state index in [1.165, 1.54) is 12.1 Å². The lowest BCUT2D eigenvalue weighted by atomic mass is 9.80. The number of piperidine rings is 1. The molecule has 1 fully saturated rings. The summed E-state index contributed by atoms with van der Waals surface area (Å²) in [6.45, 7) is 3.79. The van der Waals surface area contributed by atoms with Gasteiger partial charge >= 0.3 is 6.36 Å². The van der Waals surface area contributed by atoms with Crippen LogP contribution in [0.15, 0.2) is 24.3 Å². The van der Waals surface area contributed by atoms with Crippen molar-refractivity contribution in [2.45, 2.75) is 32.5 Å². The highest BCUT2D eigenvalue weighted by Crippen LogP contribution is 2.28. The van der Waals surface area contributed by atoms with E-state index in [0.29, 0.717) is 5.56 Å². The highest BCUT2D eigenvalue weighted by Gasteiger charge is 2.34. The van der Waals surface area contributed by atoms with E-state index in [9.17, 15) is 18.0 Å². The molecule has 0 spiro atoms. The number of para-hydroxylation sites is 1. The number of ether oxygens (including phenoxy) is 1. The normalized spacial score (nSPS) is 17.6. The van der Waals surface area contributed by atoms with Gasteiger partial charge < -0.3 is 15.4 Å². The first-order valence-electron chi connectivity index (χ1n) is 7.63. The Hall–Kier alpha value is -1.76. The maximum atomic E-state index is 12.4. The van der Waals surface area contributed by atoms with Crippen LogP contribution in [0.4, 0.5) is 13.2 Å². The van der Waals surface area contributed by atoms with Crippen molar-refractivity contribution in [2.75, 3.05) is 19.6 Å².